The van der Waals surface area contributed by atoms with Gasteiger partial charge < -0.3 is 0 Å². The number of rotatable bonds is 30. The van der Waals surface area contributed by atoms with Gasteiger partial charge in [0.1, 0.15) is 0 Å². The molecule has 4 nitrogen and oxygen atoms in total. The summed E-state index contributed by atoms with van der Waals surface area (Å²) in [6.45, 7) is 4.57. The number of hydrogen-bond acceptors (Lipinski definition) is 3. The molecular formula is C32H64O4S. The first-order valence-electron chi connectivity index (χ1n) is 16.3. The molecule has 1 N–H and O–H groups in total. The van der Waals surface area contributed by atoms with Crippen LogP contribution in [0.15, 0.2) is 12.2 Å². The summed E-state index contributed by atoms with van der Waals surface area (Å²) in [7, 11) is -4.37. The highest BCUT2D eigenvalue weighted by Gasteiger charge is 2.11. The molecule has 0 aromatic carbocycles. The number of allylic oxidation sites excluding steroid dienone is 1. The molecule has 0 aliphatic rings. The Morgan fingerprint density at radius 2 is 0.919 bits per heavy atom. The van der Waals surface area contributed by atoms with Crippen molar-refractivity contribution in [2.24, 2.45) is 5.92 Å². The molecule has 0 aliphatic carbocycles. The van der Waals surface area contributed by atoms with Crippen molar-refractivity contribution in [1.29, 1.82) is 0 Å². The Balaban J connectivity index is 3.74. The van der Waals surface area contributed by atoms with Gasteiger partial charge in [0, 0.05) is 5.92 Å². The Morgan fingerprint density at radius 3 is 1.30 bits per heavy atom. The van der Waals surface area contributed by atoms with E-state index in [4.69, 9.17) is 4.55 Å². The van der Waals surface area contributed by atoms with Gasteiger partial charge in [0.05, 0.1) is 6.61 Å². The van der Waals surface area contributed by atoms with Crippen LogP contribution in [0, 0.1) is 5.92 Å². The molecule has 37 heavy (non-hydrogen) atoms. The normalized spacial score (nSPS) is 13.1. The standard InChI is InChI=1S/C32H64O4S/c1-3-5-7-9-11-13-14-15-16-17-18-19-20-22-24-26-28-30-32(31-36-37(33,34)35)29-27-25-23-21-12-10-8-6-4-2/h28,30,32H,3-27,29,31H2,1-2H3,(H,33,34,35)/b30-28+. The lowest BCUT2D eigenvalue weighted by atomic mass is 9.99. The monoisotopic (exact) mass is 544 g/mol. The zero-order valence-corrected chi connectivity index (χ0v) is 25.7. The highest BCUT2D eigenvalue weighted by atomic mass is 32.3. The zero-order chi connectivity index (χ0) is 27.3. The van der Waals surface area contributed by atoms with Crippen molar-refractivity contribution in [3.05, 3.63) is 12.2 Å². The van der Waals surface area contributed by atoms with E-state index in [1.165, 1.54) is 148 Å². The predicted molar refractivity (Wildman–Crippen MR) is 162 cm³/mol. The van der Waals surface area contributed by atoms with Crippen LogP contribution in [-0.4, -0.2) is 19.6 Å². The fourth-order valence-corrected chi connectivity index (χ4v) is 5.39. The Hall–Kier alpha value is -0.390. The first kappa shape index (κ1) is 36.6. The van der Waals surface area contributed by atoms with E-state index in [0.29, 0.717) is 0 Å². The van der Waals surface area contributed by atoms with Crippen molar-refractivity contribution in [2.75, 3.05) is 6.61 Å². The molecule has 0 bridgehead atoms. The Morgan fingerprint density at radius 1 is 0.568 bits per heavy atom. The maximum atomic E-state index is 11.0. The molecule has 0 rings (SSSR count). The van der Waals surface area contributed by atoms with Gasteiger partial charge in [-0.15, -0.1) is 0 Å². The molecule has 1 unspecified atom stereocenters. The average Bonchev–Trinajstić information content (AvgIpc) is 2.87. The van der Waals surface area contributed by atoms with E-state index < -0.39 is 10.4 Å². The summed E-state index contributed by atoms with van der Waals surface area (Å²) in [6, 6.07) is 0. The molecule has 222 valence electrons. The summed E-state index contributed by atoms with van der Waals surface area (Å²) in [6.07, 6.45) is 38.4. The van der Waals surface area contributed by atoms with Crippen LogP contribution in [0.1, 0.15) is 181 Å². The number of hydrogen-bond donors (Lipinski definition) is 1. The Kier molecular flexibility index (Phi) is 28.3. The molecule has 0 saturated carbocycles. The summed E-state index contributed by atoms with van der Waals surface area (Å²) in [5.41, 5.74) is 0. The molecule has 0 heterocycles. The molecule has 5 heteroatoms. The van der Waals surface area contributed by atoms with E-state index >= 15 is 0 Å². The maximum Gasteiger partial charge on any atom is 0.397 e. The van der Waals surface area contributed by atoms with Crippen molar-refractivity contribution >= 4 is 10.4 Å². The van der Waals surface area contributed by atoms with E-state index in [9.17, 15) is 8.42 Å². The van der Waals surface area contributed by atoms with Gasteiger partial charge in [-0.05, 0) is 19.3 Å². The van der Waals surface area contributed by atoms with Crippen LogP contribution in [0.5, 0.6) is 0 Å². The second-order valence-corrected chi connectivity index (χ2v) is 12.3. The van der Waals surface area contributed by atoms with Crippen molar-refractivity contribution in [2.45, 2.75) is 181 Å². The summed E-state index contributed by atoms with van der Waals surface area (Å²) in [4.78, 5) is 0. The van der Waals surface area contributed by atoms with Crippen molar-refractivity contribution < 1.29 is 17.2 Å². The minimum atomic E-state index is -4.37. The first-order valence-corrected chi connectivity index (χ1v) is 17.6. The fraction of sp³-hybridized carbons (Fsp3) is 0.938. The SMILES string of the molecule is CCCCCCCCCCCCCCCCC/C=C/C(CCCCCCCCCCC)COS(=O)(=O)O. The summed E-state index contributed by atoms with van der Waals surface area (Å²) < 4.78 is 35.6. The average molecular weight is 545 g/mol. The molecule has 0 radical (unpaired) electrons. The van der Waals surface area contributed by atoms with Gasteiger partial charge in [-0.1, -0.05) is 174 Å². The minimum absolute atomic E-state index is 0.0468. The summed E-state index contributed by atoms with van der Waals surface area (Å²) in [5.74, 6) is 0.0582. The van der Waals surface area contributed by atoms with Crippen molar-refractivity contribution in [3.63, 3.8) is 0 Å². The van der Waals surface area contributed by atoms with Gasteiger partial charge in [-0.25, -0.2) is 4.18 Å². The topological polar surface area (TPSA) is 63.6 Å². The fourth-order valence-electron chi connectivity index (χ4n) is 5.05. The second kappa shape index (κ2) is 28.6. The van der Waals surface area contributed by atoms with E-state index in [1.807, 2.05) is 0 Å². The van der Waals surface area contributed by atoms with Gasteiger partial charge in [0.25, 0.3) is 0 Å². The predicted octanol–water partition coefficient (Wildman–Crippen LogP) is 11.2. The molecule has 0 saturated heterocycles. The molecule has 0 amide bonds. The van der Waals surface area contributed by atoms with Crippen LogP contribution >= 0.6 is 0 Å². The van der Waals surface area contributed by atoms with E-state index in [2.05, 4.69) is 30.2 Å². The lowest BCUT2D eigenvalue weighted by molar-refractivity contribution is 0.234. The molecular weight excluding hydrogens is 480 g/mol. The van der Waals surface area contributed by atoms with Crippen LogP contribution in [-0.2, 0) is 14.6 Å². The molecule has 0 aliphatic heterocycles. The minimum Gasteiger partial charge on any atom is -0.264 e. The molecule has 0 aromatic heterocycles. The quantitative estimate of drug-likeness (QED) is 0.0555. The van der Waals surface area contributed by atoms with Gasteiger partial charge >= 0.3 is 10.4 Å². The summed E-state index contributed by atoms with van der Waals surface area (Å²) in [5, 5.41) is 0. The first-order chi connectivity index (χ1) is 18.0. The van der Waals surface area contributed by atoms with Gasteiger partial charge in [-0.2, -0.15) is 8.42 Å². The largest absolute Gasteiger partial charge is 0.397 e. The van der Waals surface area contributed by atoms with Gasteiger partial charge in [0.2, 0.25) is 0 Å². The third-order valence-corrected chi connectivity index (χ3v) is 7.93. The molecule has 1 atom stereocenters. The Bertz CT molecular complexity index is 573. The zero-order valence-electron chi connectivity index (χ0n) is 24.9. The smallest absolute Gasteiger partial charge is 0.264 e. The molecule has 0 aromatic rings. The lowest BCUT2D eigenvalue weighted by Gasteiger charge is -2.12. The molecule has 0 fully saturated rings. The van der Waals surface area contributed by atoms with Crippen LogP contribution < -0.4 is 0 Å². The van der Waals surface area contributed by atoms with Crippen LogP contribution in [0.3, 0.4) is 0 Å². The highest BCUT2D eigenvalue weighted by molar-refractivity contribution is 7.80. The second-order valence-electron chi connectivity index (χ2n) is 11.3. The van der Waals surface area contributed by atoms with Crippen LogP contribution in [0.2, 0.25) is 0 Å². The van der Waals surface area contributed by atoms with E-state index in [1.54, 1.807) is 0 Å². The van der Waals surface area contributed by atoms with E-state index in [0.717, 1.165) is 19.3 Å². The Labute approximate surface area is 232 Å². The van der Waals surface area contributed by atoms with Gasteiger partial charge in [-0.3, -0.25) is 4.55 Å². The van der Waals surface area contributed by atoms with Crippen LogP contribution in [0.4, 0.5) is 0 Å². The van der Waals surface area contributed by atoms with Crippen molar-refractivity contribution in [3.8, 4) is 0 Å². The van der Waals surface area contributed by atoms with Crippen molar-refractivity contribution in [1.82, 2.24) is 0 Å². The van der Waals surface area contributed by atoms with Gasteiger partial charge in [0.15, 0.2) is 0 Å². The lowest BCUT2D eigenvalue weighted by Crippen LogP contribution is -2.12. The third-order valence-electron chi connectivity index (χ3n) is 7.49. The summed E-state index contributed by atoms with van der Waals surface area (Å²) >= 11 is 0. The highest BCUT2D eigenvalue weighted by Crippen LogP contribution is 2.17. The van der Waals surface area contributed by atoms with Crippen LogP contribution in [0.25, 0.3) is 0 Å². The number of unbranched alkanes of at least 4 members (excludes halogenated alkanes) is 23. The molecule has 0 spiro atoms. The third kappa shape index (κ3) is 31.7. The van der Waals surface area contributed by atoms with E-state index in [-0.39, 0.29) is 12.5 Å². The maximum absolute atomic E-state index is 11.0.